The number of rotatable bonds is 9. The number of amides is 1. The summed E-state index contributed by atoms with van der Waals surface area (Å²) in [5.74, 6) is 0.282. The molecule has 0 aliphatic carbocycles. The van der Waals surface area contributed by atoms with E-state index in [2.05, 4.69) is 17.0 Å². The van der Waals surface area contributed by atoms with Gasteiger partial charge >= 0.3 is 0 Å². The molecule has 0 unspecified atom stereocenters. The summed E-state index contributed by atoms with van der Waals surface area (Å²) in [6.07, 6.45) is 1.90. The molecule has 1 atom stereocenters. The van der Waals surface area contributed by atoms with Gasteiger partial charge in [-0.2, -0.15) is 0 Å². The topological polar surface area (TPSA) is 84.5 Å². The van der Waals surface area contributed by atoms with Crippen molar-refractivity contribution >= 4 is 21.6 Å². The van der Waals surface area contributed by atoms with Crippen LogP contribution in [0.25, 0.3) is 0 Å². The molecule has 0 aromatic heterocycles. The van der Waals surface area contributed by atoms with E-state index in [4.69, 9.17) is 4.74 Å². The predicted molar refractivity (Wildman–Crippen MR) is 106 cm³/mol. The van der Waals surface area contributed by atoms with Crippen molar-refractivity contribution in [1.82, 2.24) is 5.32 Å². The molecule has 146 valence electrons. The molecule has 0 bridgehead atoms. The first-order chi connectivity index (χ1) is 12.8. The fourth-order valence-corrected chi connectivity index (χ4v) is 3.78. The number of nitrogens with one attached hydrogen (secondary N) is 2. The van der Waals surface area contributed by atoms with E-state index in [1.807, 2.05) is 13.0 Å². The van der Waals surface area contributed by atoms with E-state index >= 15 is 0 Å². The number of aryl methyl sites for hydroxylation is 1. The Labute approximate surface area is 161 Å². The Morgan fingerprint density at radius 1 is 1.15 bits per heavy atom. The SMILES string of the molecule is CCC[C@@H](C)NC(=O)COc1ccc(S(=O)(=O)Nc2ccccc2)cc1C. The lowest BCUT2D eigenvalue weighted by Gasteiger charge is -2.15. The number of carbonyl (C=O) groups excluding carboxylic acids is 1. The van der Waals surface area contributed by atoms with Crippen molar-refractivity contribution in [2.75, 3.05) is 11.3 Å². The second kappa shape index (κ2) is 9.41. The first kappa shape index (κ1) is 20.8. The molecule has 0 fully saturated rings. The summed E-state index contributed by atoms with van der Waals surface area (Å²) in [5, 5.41) is 2.86. The molecule has 0 heterocycles. The maximum atomic E-state index is 12.5. The van der Waals surface area contributed by atoms with Gasteiger partial charge in [-0.25, -0.2) is 8.42 Å². The Morgan fingerprint density at radius 2 is 1.85 bits per heavy atom. The Bertz CT molecular complexity index is 867. The van der Waals surface area contributed by atoms with Crippen LogP contribution in [0, 0.1) is 6.92 Å². The number of hydrogen-bond acceptors (Lipinski definition) is 4. The standard InChI is InChI=1S/C20H26N2O4S/c1-4-8-16(3)21-20(23)14-26-19-12-11-18(13-15(19)2)27(24,25)22-17-9-6-5-7-10-17/h5-7,9-13,16,22H,4,8,14H2,1-3H3,(H,21,23)/t16-/m1/s1. The van der Waals surface area contributed by atoms with Crippen LogP contribution in [-0.4, -0.2) is 27.0 Å². The summed E-state index contributed by atoms with van der Waals surface area (Å²) >= 11 is 0. The Hall–Kier alpha value is -2.54. The molecule has 2 aromatic rings. The van der Waals surface area contributed by atoms with E-state index in [0.29, 0.717) is 17.0 Å². The zero-order valence-electron chi connectivity index (χ0n) is 15.9. The highest BCUT2D eigenvalue weighted by Gasteiger charge is 2.16. The van der Waals surface area contributed by atoms with Crippen LogP contribution in [0.2, 0.25) is 0 Å². The molecule has 27 heavy (non-hydrogen) atoms. The number of hydrogen-bond donors (Lipinski definition) is 2. The molecule has 0 saturated carbocycles. The van der Waals surface area contributed by atoms with Crippen LogP contribution in [0.1, 0.15) is 32.3 Å². The van der Waals surface area contributed by atoms with Gasteiger partial charge in [-0.3, -0.25) is 9.52 Å². The van der Waals surface area contributed by atoms with Gasteiger partial charge in [0.05, 0.1) is 4.90 Å². The highest BCUT2D eigenvalue weighted by atomic mass is 32.2. The van der Waals surface area contributed by atoms with Gasteiger partial charge in [0.2, 0.25) is 0 Å². The van der Waals surface area contributed by atoms with E-state index in [1.165, 1.54) is 12.1 Å². The van der Waals surface area contributed by atoms with E-state index < -0.39 is 10.0 Å². The molecule has 7 heteroatoms. The zero-order valence-corrected chi connectivity index (χ0v) is 16.7. The molecular formula is C20H26N2O4S. The van der Waals surface area contributed by atoms with Gasteiger partial charge in [0.15, 0.2) is 6.61 Å². The predicted octanol–water partition coefficient (Wildman–Crippen LogP) is 3.48. The third-order valence-electron chi connectivity index (χ3n) is 3.97. The van der Waals surface area contributed by atoms with Crippen LogP contribution in [0.5, 0.6) is 5.75 Å². The normalized spacial score (nSPS) is 12.3. The summed E-state index contributed by atoms with van der Waals surface area (Å²) in [6.45, 7) is 5.65. The van der Waals surface area contributed by atoms with Crippen LogP contribution >= 0.6 is 0 Å². The Morgan fingerprint density at radius 3 is 2.48 bits per heavy atom. The van der Waals surface area contributed by atoms with Crippen molar-refractivity contribution in [3.63, 3.8) is 0 Å². The number of benzene rings is 2. The number of sulfonamides is 1. The third-order valence-corrected chi connectivity index (χ3v) is 5.35. The van der Waals surface area contributed by atoms with E-state index in [1.54, 1.807) is 37.3 Å². The zero-order chi connectivity index (χ0) is 19.9. The van der Waals surface area contributed by atoms with E-state index in [9.17, 15) is 13.2 Å². The van der Waals surface area contributed by atoms with Gasteiger partial charge in [0, 0.05) is 11.7 Å². The number of carbonyl (C=O) groups is 1. The number of anilines is 1. The highest BCUT2D eigenvalue weighted by molar-refractivity contribution is 7.92. The molecule has 2 aromatic carbocycles. The molecule has 0 radical (unpaired) electrons. The van der Waals surface area contributed by atoms with Crippen molar-refractivity contribution in [3.8, 4) is 5.75 Å². The summed E-state index contributed by atoms with van der Waals surface area (Å²) in [4.78, 5) is 12.0. The van der Waals surface area contributed by atoms with Gasteiger partial charge in [-0.15, -0.1) is 0 Å². The van der Waals surface area contributed by atoms with Crippen molar-refractivity contribution < 1.29 is 17.9 Å². The largest absolute Gasteiger partial charge is 0.484 e. The quantitative estimate of drug-likeness (QED) is 0.686. The number of para-hydroxylation sites is 1. The highest BCUT2D eigenvalue weighted by Crippen LogP contribution is 2.23. The Kier molecular flexibility index (Phi) is 7.24. The fourth-order valence-electron chi connectivity index (χ4n) is 2.64. The molecule has 0 saturated heterocycles. The second-order valence-corrected chi connectivity index (χ2v) is 8.13. The van der Waals surface area contributed by atoms with Gasteiger partial charge in [-0.05, 0) is 56.2 Å². The monoisotopic (exact) mass is 390 g/mol. The number of ether oxygens (including phenoxy) is 1. The maximum absolute atomic E-state index is 12.5. The lowest BCUT2D eigenvalue weighted by atomic mass is 10.2. The average molecular weight is 391 g/mol. The first-order valence-corrected chi connectivity index (χ1v) is 10.4. The molecule has 0 aliphatic rings. The Balaban J connectivity index is 2.01. The van der Waals surface area contributed by atoms with Crippen LogP contribution < -0.4 is 14.8 Å². The summed E-state index contributed by atoms with van der Waals surface area (Å²) in [7, 11) is -3.69. The van der Waals surface area contributed by atoms with Crippen LogP contribution in [0.15, 0.2) is 53.4 Å². The summed E-state index contributed by atoms with van der Waals surface area (Å²) in [5.41, 5.74) is 1.13. The molecule has 6 nitrogen and oxygen atoms in total. The van der Waals surface area contributed by atoms with Crippen LogP contribution in [-0.2, 0) is 14.8 Å². The van der Waals surface area contributed by atoms with E-state index in [0.717, 1.165) is 12.8 Å². The van der Waals surface area contributed by atoms with Crippen LogP contribution in [0.3, 0.4) is 0 Å². The minimum Gasteiger partial charge on any atom is -0.484 e. The van der Waals surface area contributed by atoms with Crippen molar-refractivity contribution in [2.45, 2.75) is 44.6 Å². The molecular weight excluding hydrogens is 364 g/mol. The van der Waals surface area contributed by atoms with Crippen molar-refractivity contribution in [3.05, 3.63) is 54.1 Å². The summed E-state index contributed by atoms with van der Waals surface area (Å²) in [6, 6.07) is 13.3. The van der Waals surface area contributed by atoms with Gasteiger partial charge < -0.3 is 10.1 Å². The third kappa shape index (κ3) is 6.29. The van der Waals surface area contributed by atoms with Gasteiger partial charge in [0.1, 0.15) is 5.75 Å². The fraction of sp³-hybridized carbons (Fsp3) is 0.350. The van der Waals surface area contributed by atoms with Gasteiger partial charge in [-0.1, -0.05) is 31.5 Å². The molecule has 2 N–H and O–H groups in total. The minimum absolute atomic E-state index is 0.101. The van der Waals surface area contributed by atoms with Crippen LogP contribution in [0.4, 0.5) is 5.69 Å². The lowest BCUT2D eigenvalue weighted by Crippen LogP contribution is -2.36. The maximum Gasteiger partial charge on any atom is 0.261 e. The molecule has 0 spiro atoms. The smallest absolute Gasteiger partial charge is 0.261 e. The van der Waals surface area contributed by atoms with E-state index in [-0.39, 0.29) is 23.5 Å². The van der Waals surface area contributed by atoms with Crippen molar-refractivity contribution in [2.24, 2.45) is 0 Å². The van der Waals surface area contributed by atoms with Crippen molar-refractivity contribution in [1.29, 1.82) is 0 Å². The molecule has 1 amide bonds. The lowest BCUT2D eigenvalue weighted by molar-refractivity contribution is -0.123. The average Bonchev–Trinajstić information content (AvgIpc) is 2.61. The first-order valence-electron chi connectivity index (χ1n) is 8.92. The van der Waals surface area contributed by atoms with Gasteiger partial charge in [0.25, 0.3) is 15.9 Å². The second-order valence-electron chi connectivity index (χ2n) is 6.44. The molecule has 0 aliphatic heterocycles. The minimum atomic E-state index is -3.69. The summed E-state index contributed by atoms with van der Waals surface area (Å²) < 4.78 is 33.1. The molecule has 2 rings (SSSR count).